The Labute approximate surface area is 114 Å². The van der Waals surface area contributed by atoms with Crippen LogP contribution in [0.15, 0.2) is 6.20 Å². The second-order valence-electron chi connectivity index (χ2n) is 4.56. The molecule has 0 aliphatic heterocycles. The van der Waals surface area contributed by atoms with Crippen molar-refractivity contribution in [2.45, 2.75) is 33.7 Å². The summed E-state index contributed by atoms with van der Waals surface area (Å²) in [5.41, 5.74) is 2.98. The Bertz CT molecular complexity index is 447. The predicted molar refractivity (Wildman–Crippen MR) is 73.5 cm³/mol. The number of methoxy groups -OCH3 is 1. The van der Waals surface area contributed by atoms with Crippen LogP contribution >= 0.6 is 0 Å². The Morgan fingerprint density at radius 3 is 2.68 bits per heavy atom. The van der Waals surface area contributed by atoms with Crippen molar-refractivity contribution in [1.29, 1.82) is 0 Å². The van der Waals surface area contributed by atoms with Crippen molar-refractivity contribution in [3.05, 3.63) is 23.0 Å². The van der Waals surface area contributed by atoms with Crippen LogP contribution in [0.25, 0.3) is 0 Å². The van der Waals surface area contributed by atoms with Gasteiger partial charge >= 0.3 is 5.97 Å². The Morgan fingerprint density at radius 1 is 1.47 bits per heavy atom. The molecule has 0 spiro atoms. The van der Waals surface area contributed by atoms with Gasteiger partial charge in [-0.3, -0.25) is 14.7 Å². The normalized spacial score (nSPS) is 10.8. The maximum atomic E-state index is 10.6. The van der Waals surface area contributed by atoms with E-state index in [-0.39, 0.29) is 6.42 Å². The average molecular weight is 266 g/mol. The van der Waals surface area contributed by atoms with E-state index in [4.69, 9.17) is 9.84 Å². The number of aromatic nitrogens is 1. The minimum atomic E-state index is -0.774. The molecule has 1 aromatic heterocycles. The van der Waals surface area contributed by atoms with Crippen LogP contribution in [0.1, 0.15) is 30.2 Å². The third kappa shape index (κ3) is 4.21. The SMILES string of the molecule is CCN(CCC(=O)O)Cc1ncc(C)c(OC)c1C. The minimum Gasteiger partial charge on any atom is -0.496 e. The lowest BCUT2D eigenvalue weighted by Crippen LogP contribution is -2.26. The maximum Gasteiger partial charge on any atom is 0.304 e. The summed E-state index contributed by atoms with van der Waals surface area (Å²) in [7, 11) is 1.65. The average Bonchev–Trinajstić information content (AvgIpc) is 2.37. The molecule has 0 saturated carbocycles. The van der Waals surface area contributed by atoms with Gasteiger partial charge in [0, 0.05) is 30.4 Å². The van der Waals surface area contributed by atoms with Crippen LogP contribution in [-0.4, -0.2) is 41.2 Å². The number of aliphatic carboxylic acids is 1. The largest absolute Gasteiger partial charge is 0.496 e. The predicted octanol–water partition coefficient (Wildman–Crippen LogP) is 2.00. The zero-order valence-corrected chi connectivity index (χ0v) is 12.1. The number of nitrogens with zero attached hydrogens (tertiary/aromatic N) is 2. The molecular weight excluding hydrogens is 244 g/mol. The second-order valence-corrected chi connectivity index (χ2v) is 4.56. The highest BCUT2D eigenvalue weighted by atomic mass is 16.5. The summed E-state index contributed by atoms with van der Waals surface area (Å²) in [6.07, 6.45) is 1.95. The molecule has 0 aliphatic rings. The molecule has 0 atom stereocenters. The first-order valence-electron chi connectivity index (χ1n) is 6.42. The summed E-state index contributed by atoms with van der Waals surface area (Å²) in [5.74, 6) is 0.0869. The number of carboxylic acids is 1. The number of carbonyl (C=O) groups is 1. The molecule has 0 radical (unpaired) electrons. The number of rotatable bonds is 7. The Kier molecular flexibility index (Phi) is 5.76. The highest BCUT2D eigenvalue weighted by Gasteiger charge is 2.13. The fraction of sp³-hybridized carbons (Fsp3) is 0.571. The van der Waals surface area contributed by atoms with Gasteiger partial charge in [-0.1, -0.05) is 6.92 Å². The van der Waals surface area contributed by atoms with Gasteiger partial charge in [0.05, 0.1) is 19.2 Å². The molecule has 0 aromatic carbocycles. The molecule has 5 heteroatoms. The van der Waals surface area contributed by atoms with Crippen LogP contribution in [0, 0.1) is 13.8 Å². The van der Waals surface area contributed by atoms with Crippen molar-refractivity contribution in [3.63, 3.8) is 0 Å². The van der Waals surface area contributed by atoms with E-state index in [2.05, 4.69) is 9.88 Å². The Morgan fingerprint density at radius 2 is 2.16 bits per heavy atom. The van der Waals surface area contributed by atoms with Crippen molar-refractivity contribution >= 4 is 5.97 Å². The van der Waals surface area contributed by atoms with E-state index >= 15 is 0 Å². The quantitative estimate of drug-likeness (QED) is 0.818. The van der Waals surface area contributed by atoms with E-state index in [1.54, 1.807) is 13.3 Å². The Balaban J connectivity index is 2.82. The van der Waals surface area contributed by atoms with Crippen molar-refractivity contribution in [3.8, 4) is 5.75 Å². The second kappa shape index (κ2) is 7.09. The van der Waals surface area contributed by atoms with Crippen LogP contribution in [0.2, 0.25) is 0 Å². The van der Waals surface area contributed by atoms with Crippen molar-refractivity contribution in [2.75, 3.05) is 20.2 Å². The Hall–Kier alpha value is -1.62. The van der Waals surface area contributed by atoms with Crippen LogP contribution in [0.5, 0.6) is 5.75 Å². The molecule has 1 rings (SSSR count). The lowest BCUT2D eigenvalue weighted by molar-refractivity contribution is -0.137. The fourth-order valence-electron chi connectivity index (χ4n) is 2.05. The van der Waals surface area contributed by atoms with E-state index in [1.165, 1.54) is 0 Å². The summed E-state index contributed by atoms with van der Waals surface area (Å²) in [5, 5.41) is 8.73. The van der Waals surface area contributed by atoms with Gasteiger partial charge in [-0.05, 0) is 20.4 Å². The number of aryl methyl sites for hydroxylation is 1. The number of hydrogen-bond donors (Lipinski definition) is 1. The molecule has 0 fully saturated rings. The monoisotopic (exact) mass is 266 g/mol. The molecule has 1 N–H and O–H groups in total. The van der Waals surface area contributed by atoms with E-state index in [0.717, 1.165) is 29.1 Å². The maximum absolute atomic E-state index is 10.6. The van der Waals surface area contributed by atoms with Gasteiger partial charge in [-0.15, -0.1) is 0 Å². The van der Waals surface area contributed by atoms with Crippen molar-refractivity contribution < 1.29 is 14.6 Å². The van der Waals surface area contributed by atoms with Gasteiger partial charge in [0.25, 0.3) is 0 Å². The van der Waals surface area contributed by atoms with Crippen molar-refractivity contribution in [1.82, 2.24) is 9.88 Å². The van der Waals surface area contributed by atoms with Gasteiger partial charge < -0.3 is 9.84 Å². The molecule has 0 amide bonds. The van der Waals surface area contributed by atoms with Gasteiger partial charge in [0.15, 0.2) is 0 Å². The highest BCUT2D eigenvalue weighted by Crippen LogP contribution is 2.24. The summed E-state index contributed by atoms with van der Waals surface area (Å²) in [6, 6.07) is 0. The summed E-state index contributed by atoms with van der Waals surface area (Å²) < 4.78 is 5.38. The molecule has 19 heavy (non-hydrogen) atoms. The fourth-order valence-corrected chi connectivity index (χ4v) is 2.05. The first kappa shape index (κ1) is 15.4. The number of pyridine rings is 1. The molecule has 1 aromatic rings. The van der Waals surface area contributed by atoms with E-state index < -0.39 is 5.97 Å². The van der Waals surface area contributed by atoms with Crippen LogP contribution in [-0.2, 0) is 11.3 Å². The standard InChI is InChI=1S/C14H22N2O3/c1-5-16(7-6-13(17)18)9-12-11(3)14(19-4)10(2)8-15-12/h8H,5-7,9H2,1-4H3,(H,17,18). The zero-order chi connectivity index (χ0) is 14.4. The summed E-state index contributed by atoms with van der Waals surface area (Å²) in [4.78, 5) is 17.1. The van der Waals surface area contributed by atoms with Gasteiger partial charge in [-0.2, -0.15) is 0 Å². The molecule has 0 bridgehead atoms. The molecular formula is C14H22N2O3. The zero-order valence-electron chi connectivity index (χ0n) is 12.1. The molecule has 1 heterocycles. The molecule has 0 saturated heterocycles. The summed E-state index contributed by atoms with van der Waals surface area (Å²) in [6.45, 7) is 7.94. The lowest BCUT2D eigenvalue weighted by Gasteiger charge is -2.21. The third-order valence-electron chi connectivity index (χ3n) is 3.21. The summed E-state index contributed by atoms with van der Waals surface area (Å²) >= 11 is 0. The van der Waals surface area contributed by atoms with E-state index in [0.29, 0.717) is 13.1 Å². The lowest BCUT2D eigenvalue weighted by atomic mass is 10.1. The van der Waals surface area contributed by atoms with Crippen LogP contribution in [0.3, 0.4) is 0 Å². The first-order valence-corrected chi connectivity index (χ1v) is 6.42. The van der Waals surface area contributed by atoms with Gasteiger partial charge in [0.2, 0.25) is 0 Å². The topological polar surface area (TPSA) is 62.7 Å². The minimum absolute atomic E-state index is 0.149. The third-order valence-corrected chi connectivity index (χ3v) is 3.21. The molecule has 106 valence electrons. The number of carboxylic acid groups (broad SMARTS) is 1. The number of hydrogen-bond acceptors (Lipinski definition) is 4. The van der Waals surface area contributed by atoms with Crippen LogP contribution < -0.4 is 4.74 Å². The van der Waals surface area contributed by atoms with Crippen molar-refractivity contribution in [2.24, 2.45) is 0 Å². The molecule has 5 nitrogen and oxygen atoms in total. The van der Waals surface area contributed by atoms with Crippen LogP contribution in [0.4, 0.5) is 0 Å². The highest BCUT2D eigenvalue weighted by molar-refractivity contribution is 5.66. The van der Waals surface area contributed by atoms with Gasteiger partial charge in [0.1, 0.15) is 5.75 Å². The first-order chi connectivity index (χ1) is 8.99. The van der Waals surface area contributed by atoms with E-state index in [9.17, 15) is 4.79 Å². The smallest absolute Gasteiger partial charge is 0.304 e. The van der Waals surface area contributed by atoms with Gasteiger partial charge in [-0.25, -0.2) is 0 Å². The molecule has 0 aliphatic carbocycles. The van der Waals surface area contributed by atoms with E-state index in [1.807, 2.05) is 20.8 Å². The molecule has 0 unspecified atom stereocenters. The number of ether oxygens (including phenoxy) is 1.